The van der Waals surface area contributed by atoms with Crippen LogP contribution in [0.15, 0.2) is 36.7 Å². The molecule has 1 aromatic carbocycles. The van der Waals surface area contributed by atoms with Crippen molar-refractivity contribution in [3.8, 4) is 11.1 Å². The standard InChI is InChI=1S/C9H7BF3N2/c11-10(12,13)9-3-1-7(2-4-9)8-5-14-15-6-8/h1-6H,(H,14,15)/q-1. The van der Waals surface area contributed by atoms with Gasteiger partial charge in [0, 0.05) is 11.8 Å². The molecule has 2 nitrogen and oxygen atoms in total. The van der Waals surface area contributed by atoms with Gasteiger partial charge in [-0.2, -0.15) is 5.10 Å². The van der Waals surface area contributed by atoms with Gasteiger partial charge in [-0.15, -0.1) is 5.46 Å². The van der Waals surface area contributed by atoms with Gasteiger partial charge >= 0.3 is 6.98 Å². The smallest absolute Gasteiger partial charge is 0.445 e. The van der Waals surface area contributed by atoms with Crippen LogP contribution in [0, 0.1) is 0 Å². The molecule has 0 atom stereocenters. The Kier molecular flexibility index (Phi) is 2.26. The lowest BCUT2D eigenvalue weighted by Crippen LogP contribution is -2.33. The topological polar surface area (TPSA) is 28.7 Å². The monoisotopic (exact) mass is 211 g/mol. The maximum absolute atomic E-state index is 12.3. The van der Waals surface area contributed by atoms with Gasteiger partial charge in [-0.25, -0.2) is 0 Å². The second-order valence-electron chi connectivity index (χ2n) is 3.18. The van der Waals surface area contributed by atoms with Crippen molar-refractivity contribution in [1.82, 2.24) is 10.2 Å². The van der Waals surface area contributed by atoms with Crippen LogP contribution in [0.2, 0.25) is 0 Å². The number of hydrogen-bond acceptors (Lipinski definition) is 1. The van der Waals surface area contributed by atoms with Crippen molar-refractivity contribution in [3.63, 3.8) is 0 Å². The SMILES string of the molecule is F[B-](F)(F)c1ccc(-c2cn[nH]c2)cc1. The predicted molar refractivity (Wildman–Crippen MR) is 52.7 cm³/mol. The zero-order valence-electron chi connectivity index (χ0n) is 7.62. The lowest BCUT2D eigenvalue weighted by atomic mass is 9.80. The molecule has 0 aliphatic carbocycles. The molecule has 0 spiro atoms. The Balaban J connectivity index is 2.33. The number of aromatic amines is 1. The van der Waals surface area contributed by atoms with E-state index in [0.29, 0.717) is 5.56 Å². The highest BCUT2D eigenvalue weighted by atomic mass is 19.4. The third kappa shape index (κ3) is 2.03. The lowest BCUT2D eigenvalue weighted by Gasteiger charge is -2.14. The number of aromatic nitrogens is 2. The molecule has 2 rings (SSSR count). The number of H-pyrrole nitrogens is 1. The van der Waals surface area contributed by atoms with Crippen LogP contribution in [0.5, 0.6) is 0 Å². The van der Waals surface area contributed by atoms with Crippen LogP contribution in [0.4, 0.5) is 12.9 Å². The first-order valence-corrected chi connectivity index (χ1v) is 4.36. The largest absolute Gasteiger partial charge is 0.509 e. The zero-order valence-corrected chi connectivity index (χ0v) is 7.62. The Morgan fingerprint density at radius 1 is 1.00 bits per heavy atom. The van der Waals surface area contributed by atoms with Gasteiger partial charge in [0.05, 0.1) is 6.20 Å². The first-order valence-electron chi connectivity index (χ1n) is 4.36. The van der Waals surface area contributed by atoms with Gasteiger partial charge in [-0.3, -0.25) is 5.10 Å². The second-order valence-corrected chi connectivity index (χ2v) is 3.18. The summed E-state index contributed by atoms with van der Waals surface area (Å²) >= 11 is 0. The number of halogens is 3. The second kappa shape index (κ2) is 3.45. The molecule has 0 radical (unpaired) electrons. The van der Waals surface area contributed by atoms with E-state index in [2.05, 4.69) is 10.2 Å². The van der Waals surface area contributed by atoms with Crippen LogP contribution in [0.25, 0.3) is 11.1 Å². The van der Waals surface area contributed by atoms with Gasteiger partial charge in [0.2, 0.25) is 0 Å². The van der Waals surface area contributed by atoms with Gasteiger partial charge in [0.1, 0.15) is 0 Å². The molecule has 1 heterocycles. The summed E-state index contributed by atoms with van der Waals surface area (Å²) in [6, 6.07) is 5.05. The summed E-state index contributed by atoms with van der Waals surface area (Å²) in [5.41, 5.74) is 0.908. The maximum Gasteiger partial charge on any atom is 0.509 e. The molecule has 2 aromatic rings. The minimum Gasteiger partial charge on any atom is -0.445 e. The molecule has 0 aliphatic heterocycles. The first-order chi connectivity index (χ1) is 7.07. The Hall–Kier alpha value is -1.72. The Morgan fingerprint density at radius 2 is 1.67 bits per heavy atom. The van der Waals surface area contributed by atoms with Crippen molar-refractivity contribution in [2.75, 3.05) is 0 Å². The van der Waals surface area contributed by atoms with E-state index in [1.165, 1.54) is 12.1 Å². The fourth-order valence-corrected chi connectivity index (χ4v) is 1.30. The lowest BCUT2D eigenvalue weighted by molar-refractivity contribution is 0.501. The zero-order chi connectivity index (χ0) is 10.9. The average molecular weight is 211 g/mol. The maximum atomic E-state index is 12.3. The molecule has 78 valence electrons. The van der Waals surface area contributed by atoms with Crippen LogP contribution < -0.4 is 5.46 Å². The van der Waals surface area contributed by atoms with Crippen molar-refractivity contribution < 1.29 is 12.9 Å². The van der Waals surface area contributed by atoms with E-state index in [1.54, 1.807) is 12.4 Å². The van der Waals surface area contributed by atoms with E-state index >= 15 is 0 Å². The fourth-order valence-electron chi connectivity index (χ4n) is 1.30. The van der Waals surface area contributed by atoms with E-state index < -0.39 is 12.4 Å². The number of benzene rings is 1. The van der Waals surface area contributed by atoms with E-state index in [1.807, 2.05) is 0 Å². The molecule has 1 aromatic heterocycles. The number of nitrogens with one attached hydrogen (secondary N) is 1. The summed E-state index contributed by atoms with van der Waals surface area (Å²) < 4.78 is 36.9. The van der Waals surface area contributed by atoms with Crippen molar-refractivity contribution in [2.24, 2.45) is 0 Å². The number of nitrogens with zero attached hydrogens (tertiary/aromatic N) is 1. The van der Waals surface area contributed by atoms with Crippen LogP contribution in [-0.4, -0.2) is 17.2 Å². The minimum atomic E-state index is -4.90. The van der Waals surface area contributed by atoms with Crippen LogP contribution >= 0.6 is 0 Å². The molecule has 6 heteroatoms. The van der Waals surface area contributed by atoms with Gasteiger partial charge < -0.3 is 12.9 Å². The molecule has 0 unspecified atom stereocenters. The van der Waals surface area contributed by atoms with Gasteiger partial charge in [0.15, 0.2) is 0 Å². The van der Waals surface area contributed by atoms with Crippen molar-refractivity contribution in [1.29, 1.82) is 0 Å². The quantitative estimate of drug-likeness (QED) is 0.757. The Labute approximate surface area is 84.2 Å². The van der Waals surface area contributed by atoms with Gasteiger partial charge in [-0.05, 0) is 5.56 Å². The molecule has 1 N–H and O–H groups in total. The van der Waals surface area contributed by atoms with E-state index in [0.717, 1.165) is 17.7 Å². The van der Waals surface area contributed by atoms with Crippen molar-refractivity contribution in [2.45, 2.75) is 0 Å². The summed E-state index contributed by atoms with van der Waals surface area (Å²) in [5.74, 6) is 0. The van der Waals surface area contributed by atoms with E-state index in [-0.39, 0.29) is 0 Å². The molecule has 0 amide bonds. The molecule has 0 saturated heterocycles. The highest BCUT2D eigenvalue weighted by Crippen LogP contribution is 2.17. The normalized spacial score (nSPS) is 11.7. The van der Waals surface area contributed by atoms with Crippen molar-refractivity contribution in [3.05, 3.63) is 36.7 Å². The first kappa shape index (κ1) is 9.83. The third-order valence-corrected chi connectivity index (χ3v) is 2.12. The van der Waals surface area contributed by atoms with Crippen molar-refractivity contribution >= 4 is 12.4 Å². The van der Waals surface area contributed by atoms with E-state index in [9.17, 15) is 12.9 Å². The minimum absolute atomic E-state index is 0.581. The Morgan fingerprint density at radius 3 is 2.13 bits per heavy atom. The summed E-state index contributed by atoms with van der Waals surface area (Å²) in [4.78, 5) is 0. The summed E-state index contributed by atoms with van der Waals surface area (Å²) in [7, 11) is 0. The molecule has 0 bridgehead atoms. The summed E-state index contributed by atoms with van der Waals surface area (Å²) in [6.07, 6.45) is 3.20. The molecular weight excluding hydrogens is 204 g/mol. The van der Waals surface area contributed by atoms with E-state index in [4.69, 9.17) is 0 Å². The fraction of sp³-hybridized carbons (Fsp3) is 0. The number of rotatable bonds is 2. The highest BCUT2D eigenvalue weighted by molar-refractivity contribution is 6.73. The Bertz CT molecular complexity index is 433. The molecule has 0 fully saturated rings. The van der Waals surface area contributed by atoms with Gasteiger partial charge in [-0.1, -0.05) is 24.3 Å². The average Bonchev–Trinajstić information content (AvgIpc) is 2.69. The predicted octanol–water partition coefficient (Wildman–Crippen LogP) is 2.13. The van der Waals surface area contributed by atoms with Crippen LogP contribution in [-0.2, 0) is 0 Å². The third-order valence-electron chi connectivity index (χ3n) is 2.12. The highest BCUT2D eigenvalue weighted by Gasteiger charge is 2.24. The number of hydrogen-bond donors (Lipinski definition) is 1. The van der Waals surface area contributed by atoms with Crippen LogP contribution in [0.3, 0.4) is 0 Å². The summed E-state index contributed by atoms with van der Waals surface area (Å²) in [6.45, 7) is -4.90. The molecular formula is C9H7BF3N2-. The molecule has 0 saturated carbocycles. The van der Waals surface area contributed by atoms with Gasteiger partial charge in [0.25, 0.3) is 0 Å². The molecule has 15 heavy (non-hydrogen) atoms. The molecule has 0 aliphatic rings. The summed E-state index contributed by atoms with van der Waals surface area (Å²) in [5, 5.41) is 6.33. The van der Waals surface area contributed by atoms with Crippen LogP contribution in [0.1, 0.15) is 0 Å².